The molecule has 0 bridgehead atoms. The fourth-order valence-electron chi connectivity index (χ4n) is 1.84. The SMILES string of the molecule is CC1CN(CC(F)F)CCN1CC(=O)O. The zero-order chi connectivity index (χ0) is 11.4. The average molecular weight is 222 g/mol. The van der Waals surface area contributed by atoms with Gasteiger partial charge in [-0.15, -0.1) is 0 Å². The van der Waals surface area contributed by atoms with Crippen molar-refractivity contribution >= 4 is 5.97 Å². The lowest BCUT2D eigenvalue weighted by molar-refractivity contribution is -0.139. The Hall–Kier alpha value is -0.750. The minimum atomic E-state index is -2.32. The lowest BCUT2D eigenvalue weighted by Crippen LogP contribution is -2.53. The summed E-state index contributed by atoms with van der Waals surface area (Å²) in [6.45, 7) is 3.20. The molecular formula is C9H16F2N2O2. The van der Waals surface area contributed by atoms with Crippen LogP contribution in [0, 0.1) is 0 Å². The molecule has 0 saturated carbocycles. The summed E-state index contributed by atoms with van der Waals surface area (Å²) in [7, 11) is 0. The fraction of sp³-hybridized carbons (Fsp3) is 0.889. The molecule has 1 heterocycles. The highest BCUT2D eigenvalue weighted by molar-refractivity contribution is 5.69. The normalized spacial score (nSPS) is 24.7. The Balaban J connectivity index is 2.37. The maximum Gasteiger partial charge on any atom is 0.317 e. The van der Waals surface area contributed by atoms with Crippen molar-refractivity contribution in [2.45, 2.75) is 19.4 Å². The molecule has 0 spiro atoms. The Morgan fingerprint density at radius 2 is 2.20 bits per heavy atom. The van der Waals surface area contributed by atoms with Crippen LogP contribution in [0.3, 0.4) is 0 Å². The van der Waals surface area contributed by atoms with E-state index in [1.54, 1.807) is 9.80 Å². The van der Waals surface area contributed by atoms with E-state index in [0.29, 0.717) is 19.6 Å². The molecule has 1 saturated heterocycles. The number of carboxylic acid groups (broad SMARTS) is 1. The zero-order valence-electron chi connectivity index (χ0n) is 8.70. The van der Waals surface area contributed by atoms with Crippen molar-refractivity contribution in [3.63, 3.8) is 0 Å². The van der Waals surface area contributed by atoms with Gasteiger partial charge in [-0.3, -0.25) is 14.6 Å². The van der Waals surface area contributed by atoms with Gasteiger partial charge < -0.3 is 5.11 Å². The van der Waals surface area contributed by atoms with Crippen LogP contribution < -0.4 is 0 Å². The van der Waals surface area contributed by atoms with E-state index in [4.69, 9.17) is 5.11 Å². The molecule has 1 aliphatic heterocycles. The maximum absolute atomic E-state index is 12.1. The van der Waals surface area contributed by atoms with E-state index < -0.39 is 12.4 Å². The summed E-state index contributed by atoms with van der Waals surface area (Å²) in [6, 6.07) is 0.0219. The van der Waals surface area contributed by atoms with Crippen LogP contribution in [0.2, 0.25) is 0 Å². The van der Waals surface area contributed by atoms with Crippen LogP contribution in [0.5, 0.6) is 0 Å². The van der Waals surface area contributed by atoms with Gasteiger partial charge in [0.1, 0.15) is 0 Å². The molecular weight excluding hydrogens is 206 g/mol. The molecule has 6 heteroatoms. The van der Waals surface area contributed by atoms with Crippen LogP contribution in [-0.2, 0) is 4.79 Å². The Bertz CT molecular complexity index is 226. The fourth-order valence-corrected chi connectivity index (χ4v) is 1.84. The minimum absolute atomic E-state index is 0.0102. The number of nitrogens with zero attached hydrogens (tertiary/aromatic N) is 2. The lowest BCUT2D eigenvalue weighted by atomic mass is 10.2. The van der Waals surface area contributed by atoms with Crippen molar-refractivity contribution in [3.8, 4) is 0 Å². The van der Waals surface area contributed by atoms with Gasteiger partial charge in [0.2, 0.25) is 0 Å². The Labute approximate surface area is 87.5 Å². The van der Waals surface area contributed by atoms with E-state index in [2.05, 4.69) is 0 Å². The summed E-state index contributed by atoms with van der Waals surface area (Å²) in [6.07, 6.45) is -2.32. The van der Waals surface area contributed by atoms with Gasteiger partial charge in [-0.1, -0.05) is 0 Å². The summed E-state index contributed by atoms with van der Waals surface area (Å²) >= 11 is 0. The first-order valence-electron chi connectivity index (χ1n) is 4.95. The largest absolute Gasteiger partial charge is 0.480 e. The smallest absolute Gasteiger partial charge is 0.317 e. The molecule has 88 valence electrons. The second-order valence-corrected chi connectivity index (χ2v) is 3.86. The zero-order valence-corrected chi connectivity index (χ0v) is 8.70. The predicted octanol–water partition coefficient (Wildman–Crippen LogP) is 0.342. The number of halogens is 2. The summed E-state index contributed by atoms with van der Waals surface area (Å²) in [4.78, 5) is 14.0. The molecule has 1 N–H and O–H groups in total. The quantitative estimate of drug-likeness (QED) is 0.745. The van der Waals surface area contributed by atoms with Gasteiger partial charge in [0.25, 0.3) is 6.43 Å². The molecule has 0 aromatic heterocycles. The van der Waals surface area contributed by atoms with Gasteiger partial charge in [-0.05, 0) is 6.92 Å². The summed E-state index contributed by atoms with van der Waals surface area (Å²) < 4.78 is 24.2. The summed E-state index contributed by atoms with van der Waals surface area (Å²) in [5.74, 6) is -0.871. The van der Waals surface area contributed by atoms with Gasteiger partial charge >= 0.3 is 5.97 Å². The third kappa shape index (κ3) is 4.09. The molecule has 0 amide bonds. The van der Waals surface area contributed by atoms with E-state index in [1.807, 2.05) is 6.92 Å². The van der Waals surface area contributed by atoms with E-state index in [0.717, 1.165) is 0 Å². The van der Waals surface area contributed by atoms with E-state index in [9.17, 15) is 13.6 Å². The monoisotopic (exact) mass is 222 g/mol. The maximum atomic E-state index is 12.1. The second-order valence-electron chi connectivity index (χ2n) is 3.86. The van der Waals surface area contributed by atoms with Crippen molar-refractivity contribution in [1.82, 2.24) is 9.80 Å². The molecule has 1 aliphatic rings. The second kappa shape index (κ2) is 5.37. The number of carbonyl (C=O) groups is 1. The first-order chi connectivity index (χ1) is 6.99. The summed E-state index contributed by atoms with van der Waals surface area (Å²) in [5, 5.41) is 8.62. The molecule has 1 rings (SSSR count). The topological polar surface area (TPSA) is 43.8 Å². The number of carboxylic acids is 1. The van der Waals surface area contributed by atoms with Crippen LogP contribution >= 0.6 is 0 Å². The molecule has 1 atom stereocenters. The lowest BCUT2D eigenvalue weighted by Gasteiger charge is -2.38. The van der Waals surface area contributed by atoms with Crippen molar-refractivity contribution < 1.29 is 18.7 Å². The van der Waals surface area contributed by atoms with Gasteiger partial charge in [0.15, 0.2) is 0 Å². The van der Waals surface area contributed by atoms with Crippen LogP contribution in [-0.4, -0.2) is 66.1 Å². The van der Waals surface area contributed by atoms with Crippen LogP contribution in [0.25, 0.3) is 0 Å². The van der Waals surface area contributed by atoms with Crippen molar-refractivity contribution in [3.05, 3.63) is 0 Å². The number of hydrogen-bond acceptors (Lipinski definition) is 3. The van der Waals surface area contributed by atoms with Crippen LogP contribution in [0.4, 0.5) is 8.78 Å². The Morgan fingerprint density at radius 1 is 1.53 bits per heavy atom. The highest BCUT2D eigenvalue weighted by atomic mass is 19.3. The van der Waals surface area contributed by atoms with Crippen LogP contribution in [0.15, 0.2) is 0 Å². The van der Waals surface area contributed by atoms with Gasteiger partial charge in [0.05, 0.1) is 13.1 Å². The first kappa shape index (κ1) is 12.3. The number of alkyl halides is 2. The number of rotatable bonds is 4. The minimum Gasteiger partial charge on any atom is -0.480 e. The average Bonchev–Trinajstić information content (AvgIpc) is 2.08. The van der Waals surface area contributed by atoms with Crippen molar-refractivity contribution in [2.75, 3.05) is 32.7 Å². The molecule has 0 radical (unpaired) electrons. The molecule has 1 fully saturated rings. The number of hydrogen-bond donors (Lipinski definition) is 1. The van der Waals surface area contributed by atoms with E-state index in [-0.39, 0.29) is 19.1 Å². The summed E-state index contributed by atoms with van der Waals surface area (Å²) in [5.41, 5.74) is 0. The molecule has 1 unspecified atom stereocenters. The predicted molar refractivity (Wildman–Crippen MR) is 51.1 cm³/mol. The first-order valence-corrected chi connectivity index (χ1v) is 4.95. The number of aliphatic carboxylic acids is 1. The third-order valence-electron chi connectivity index (χ3n) is 2.58. The van der Waals surface area contributed by atoms with Gasteiger partial charge in [0, 0.05) is 25.7 Å². The highest BCUT2D eigenvalue weighted by Crippen LogP contribution is 2.10. The Kier molecular flexibility index (Phi) is 4.41. The van der Waals surface area contributed by atoms with Crippen molar-refractivity contribution in [2.24, 2.45) is 0 Å². The van der Waals surface area contributed by atoms with Gasteiger partial charge in [-0.25, -0.2) is 8.78 Å². The molecule has 15 heavy (non-hydrogen) atoms. The molecule has 4 nitrogen and oxygen atoms in total. The Morgan fingerprint density at radius 3 is 2.67 bits per heavy atom. The molecule has 0 aromatic rings. The number of piperazine rings is 1. The third-order valence-corrected chi connectivity index (χ3v) is 2.58. The standard InChI is InChI=1S/C9H16F2N2O2/c1-7-4-12(5-8(10)11)2-3-13(7)6-9(14)15/h7-8H,2-6H2,1H3,(H,14,15). The van der Waals surface area contributed by atoms with E-state index >= 15 is 0 Å². The molecule has 0 aliphatic carbocycles. The van der Waals surface area contributed by atoms with E-state index in [1.165, 1.54) is 0 Å². The molecule has 0 aromatic carbocycles. The van der Waals surface area contributed by atoms with Crippen LogP contribution in [0.1, 0.15) is 6.92 Å². The van der Waals surface area contributed by atoms with Crippen molar-refractivity contribution in [1.29, 1.82) is 0 Å². The highest BCUT2D eigenvalue weighted by Gasteiger charge is 2.26. The van der Waals surface area contributed by atoms with Gasteiger partial charge in [-0.2, -0.15) is 0 Å².